The van der Waals surface area contributed by atoms with E-state index >= 15 is 0 Å². The zero-order valence-electron chi connectivity index (χ0n) is 25.9. The third kappa shape index (κ3) is 8.74. The average molecular weight is 671 g/mol. The Bertz CT molecular complexity index is 1400. The molecule has 8 N–H and O–H groups in total. The van der Waals surface area contributed by atoms with Gasteiger partial charge in [-0.25, -0.2) is 24.5 Å². The van der Waals surface area contributed by atoms with Crippen LogP contribution in [0.5, 0.6) is 0 Å². The van der Waals surface area contributed by atoms with E-state index in [0.29, 0.717) is 17.6 Å². The smallest absolute Gasteiger partial charge is 0.315 e. The molecule has 5 rings (SSSR count). The highest BCUT2D eigenvalue weighted by Crippen LogP contribution is 2.37. The molecule has 0 spiro atoms. The van der Waals surface area contributed by atoms with Gasteiger partial charge in [0.05, 0.1) is 30.6 Å². The number of nitrogen functional groups attached to an aromatic ring is 1. The number of thioether (sulfide) groups is 1. The maximum Gasteiger partial charge on any atom is 0.315 e. The molecule has 2 aliphatic heterocycles. The third-order valence-corrected chi connectivity index (χ3v) is 11.3. The Labute approximate surface area is 267 Å². The summed E-state index contributed by atoms with van der Waals surface area (Å²) >= 11 is 1.79. The number of imidazole rings is 1. The van der Waals surface area contributed by atoms with Gasteiger partial charge in [0.25, 0.3) is 0 Å². The van der Waals surface area contributed by atoms with Crippen molar-refractivity contribution in [1.82, 2.24) is 44.5 Å². The quantitative estimate of drug-likeness (QED) is 0.108. The number of fused-ring (bicyclic) bond motifs is 2. The number of urea groups is 1. The molecule has 1 saturated carbocycles. The van der Waals surface area contributed by atoms with Crippen LogP contribution < -0.4 is 25.8 Å². The summed E-state index contributed by atoms with van der Waals surface area (Å²) in [5, 5.41) is 27.2. The number of carbonyl (C=O) groups excluding carboxylic acids is 2. The molecule has 16 nitrogen and oxygen atoms in total. The van der Waals surface area contributed by atoms with Crippen LogP contribution in [0, 0.1) is 5.92 Å². The molecule has 2 saturated heterocycles. The Kier molecular flexibility index (Phi) is 12.2. The second-order valence-corrected chi connectivity index (χ2v) is 14.3. The number of unbranched alkanes of at least 4 members (excludes halogenated alkanes) is 1. The summed E-state index contributed by atoms with van der Waals surface area (Å²) in [5.41, 5.74) is 6.59. The van der Waals surface area contributed by atoms with Gasteiger partial charge in [0.2, 0.25) is 5.91 Å². The van der Waals surface area contributed by atoms with Crippen molar-refractivity contribution in [2.24, 2.45) is 5.92 Å². The first-order valence-corrected chi connectivity index (χ1v) is 18.0. The fourth-order valence-electron chi connectivity index (χ4n) is 6.09. The highest BCUT2D eigenvalue weighted by molar-refractivity contribution is 8.00. The number of aliphatic hydroxyl groups is 2. The van der Waals surface area contributed by atoms with Crippen LogP contribution in [-0.2, 0) is 15.0 Å². The molecule has 0 bridgehead atoms. The first kappa shape index (κ1) is 35.1. The zero-order chi connectivity index (χ0) is 32.7. The van der Waals surface area contributed by atoms with Crippen molar-refractivity contribution in [3.63, 3.8) is 0 Å². The van der Waals surface area contributed by atoms with Crippen molar-refractivity contribution in [2.45, 2.75) is 88.5 Å². The first-order chi connectivity index (χ1) is 21.5. The lowest BCUT2D eigenvalue weighted by Crippen LogP contribution is -2.43. The van der Waals surface area contributed by atoms with E-state index in [9.17, 15) is 28.2 Å². The van der Waals surface area contributed by atoms with Crippen LogP contribution in [0.4, 0.5) is 10.6 Å². The molecule has 3 amide bonds. The van der Waals surface area contributed by atoms with Crippen LogP contribution in [0.3, 0.4) is 0 Å². The molecular weight excluding hydrogens is 624 g/mol. The van der Waals surface area contributed by atoms with Crippen molar-refractivity contribution in [3.8, 4) is 0 Å². The van der Waals surface area contributed by atoms with Gasteiger partial charge < -0.3 is 36.0 Å². The van der Waals surface area contributed by atoms with Crippen molar-refractivity contribution in [3.05, 3.63) is 12.7 Å². The first-order valence-electron chi connectivity index (χ1n) is 15.5. The molecule has 2 aromatic rings. The third-order valence-electron chi connectivity index (χ3n) is 8.72. The van der Waals surface area contributed by atoms with Gasteiger partial charge >= 0.3 is 16.2 Å². The Hall–Kier alpha value is -2.77. The normalized spacial score (nSPS) is 27.6. The lowest BCUT2D eigenvalue weighted by atomic mass is 10.0. The van der Waals surface area contributed by atoms with Crippen LogP contribution in [-0.4, -0.2) is 116 Å². The number of rotatable bonds is 13. The van der Waals surface area contributed by atoms with Crippen LogP contribution >= 0.6 is 11.8 Å². The van der Waals surface area contributed by atoms with Crippen molar-refractivity contribution in [1.29, 1.82) is 0 Å². The van der Waals surface area contributed by atoms with E-state index in [0.717, 1.165) is 18.6 Å². The molecule has 7 atom stereocenters. The minimum absolute atomic E-state index is 0.0442. The van der Waals surface area contributed by atoms with Crippen LogP contribution in [0.25, 0.3) is 11.2 Å². The van der Waals surface area contributed by atoms with Gasteiger partial charge in [0, 0.05) is 29.9 Å². The predicted molar refractivity (Wildman–Crippen MR) is 171 cm³/mol. The van der Waals surface area contributed by atoms with Crippen LogP contribution in [0.1, 0.15) is 58.9 Å². The number of hydrogen-bond donors (Lipinski definition) is 7. The second-order valence-electron chi connectivity index (χ2n) is 11.5. The molecule has 4 heterocycles. The Balaban J connectivity index is 0.000000591. The summed E-state index contributed by atoms with van der Waals surface area (Å²) < 4.78 is 30.8. The summed E-state index contributed by atoms with van der Waals surface area (Å²) in [6, 6.07) is -0.518. The minimum atomic E-state index is -4.15. The second kappa shape index (κ2) is 15.7. The molecule has 45 heavy (non-hydrogen) atoms. The molecule has 3 fully saturated rings. The van der Waals surface area contributed by atoms with Gasteiger partial charge in [-0.2, -0.15) is 24.9 Å². The molecule has 2 aromatic heterocycles. The van der Waals surface area contributed by atoms with E-state index in [2.05, 4.69) is 56.0 Å². The Morgan fingerprint density at radius 1 is 1.13 bits per heavy atom. The molecule has 3 aliphatic rings. The number of hydrogen-bond acceptors (Lipinski definition) is 12. The summed E-state index contributed by atoms with van der Waals surface area (Å²) in [4.78, 5) is 38.3. The topological polar surface area (TPSA) is 230 Å². The molecule has 1 aliphatic carbocycles. The van der Waals surface area contributed by atoms with Gasteiger partial charge in [-0.05, 0) is 38.9 Å². The average Bonchev–Trinajstić information content (AvgIpc) is 3.76. The fourth-order valence-corrected chi connectivity index (χ4v) is 8.54. The van der Waals surface area contributed by atoms with Gasteiger partial charge in [-0.1, -0.05) is 27.2 Å². The molecular formula is C27H46N10O6S2. The number of aliphatic hydroxyl groups excluding tert-OH is 2. The van der Waals surface area contributed by atoms with Crippen molar-refractivity contribution >= 4 is 50.9 Å². The van der Waals surface area contributed by atoms with Gasteiger partial charge in [-0.3, -0.25) is 4.79 Å². The predicted octanol–water partition coefficient (Wildman–Crippen LogP) is -0.284. The SMILES string of the molecule is CCN(CC)CC.Nc1ncnc2c1ncn2[C@@H]1C[C@H](CNS(=O)(=O)NC(=O)CCCC[C@@H]2SC[C@@H]3NC(=O)N[C@@H]32)[C@@H](O)[C@H]1O. The van der Waals surface area contributed by atoms with E-state index < -0.39 is 40.3 Å². The monoisotopic (exact) mass is 670 g/mol. The van der Waals surface area contributed by atoms with E-state index in [4.69, 9.17) is 5.73 Å². The number of nitrogens with one attached hydrogen (secondary N) is 4. The van der Waals surface area contributed by atoms with Gasteiger partial charge in [0.1, 0.15) is 17.9 Å². The fraction of sp³-hybridized carbons (Fsp3) is 0.741. The van der Waals surface area contributed by atoms with E-state index in [-0.39, 0.29) is 48.6 Å². The molecule has 0 aromatic carbocycles. The standard InChI is InChI=1S/C21H31N9O6S2.C6H15N/c22-19-16-20(24-8-23-19)30(9-25-16)12-5-10(17(32)18(12)33)6-26-38(35,36)29-14(31)4-2-1-3-13-15-11(7-37-13)27-21(34)28-15;1-4-7(5-2)6-3/h8-13,15,17-18,26,32-33H,1-7H2,(H,29,31)(H2,22,23,24)(H2,27,28,34);4-6H2,1-3H3/t10-,11+,12-,13+,15+,17-,18+;/m1./s1. The maximum absolute atomic E-state index is 12.4. The van der Waals surface area contributed by atoms with Crippen molar-refractivity contribution < 1.29 is 28.2 Å². The van der Waals surface area contributed by atoms with Crippen LogP contribution in [0.15, 0.2) is 12.7 Å². The lowest BCUT2D eigenvalue weighted by Gasteiger charge is -2.18. The van der Waals surface area contributed by atoms with Gasteiger partial charge in [0.15, 0.2) is 11.5 Å². The summed E-state index contributed by atoms with van der Waals surface area (Å²) in [6.45, 7) is 9.95. The van der Waals surface area contributed by atoms with Gasteiger partial charge in [-0.15, -0.1) is 0 Å². The zero-order valence-corrected chi connectivity index (χ0v) is 27.6. The van der Waals surface area contributed by atoms with Crippen molar-refractivity contribution in [2.75, 3.05) is 37.7 Å². The van der Waals surface area contributed by atoms with E-state index in [1.165, 1.54) is 32.3 Å². The number of nitrogens with zero attached hydrogens (tertiary/aromatic N) is 5. The minimum Gasteiger partial charge on any atom is -0.390 e. The Morgan fingerprint density at radius 2 is 1.87 bits per heavy atom. The number of amides is 3. The number of anilines is 1. The summed E-state index contributed by atoms with van der Waals surface area (Å²) in [5.74, 6) is -0.199. The number of nitrogens with two attached hydrogens (primary N) is 1. The maximum atomic E-state index is 12.4. The number of aromatic nitrogens is 4. The molecule has 18 heteroatoms. The molecule has 0 radical (unpaired) electrons. The molecule has 252 valence electrons. The highest BCUT2D eigenvalue weighted by atomic mass is 32.2. The van der Waals surface area contributed by atoms with Crippen LogP contribution in [0.2, 0.25) is 0 Å². The molecule has 0 unspecified atom stereocenters. The van der Waals surface area contributed by atoms with E-state index in [1.807, 2.05) is 4.72 Å². The largest absolute Gasteiger partial charge is 0.390 e. The number of carbonyl (C=O) groups is 2. The Morgan fingerprint density at radius 3 is 2.56 bits per heavy atom. The highest BCUT2D eigenvalue weighted by Gasteiger charge is 2.44. The summed E-state index contributed by atoms with van der Waals surface area (Å²) in [6.07, 6.45) is 2.68. The summed E-state index contributed by atoms with van der Waals surface area (Å²) in [7, 11) is -4.15. The van der Waals surface area contributed by atoms with E-state index in [1.54, 1.807) is 16.3 Å². The lowest BCUT2D eigenvalue weighted by molar-refractivity contribution is -0.119.